The largest absolute Gasteiger partial charge is 0.378 e. The number of hydrogen-bond donors (Lipinski definition) is 0. The lowest BCUT2D eigenvalue weighted by Gasteiger charge is -2.46. The number of benzene rings is 1. The Kier molecular flexibility index (Phi) is 5.34. The lowest BCUT2D eigenvalue weighted by molar-refractivity contribution is -0.160. The molecule has 1 aromatic rings. The smallest absolute Gasteiger partial charge is 0.226 e. The molecule has 0 N–H and O–H groups in total. The molecule has 0 radical (unpaired) electrons. The molecule has 2 heterocycles. The van der Waals surface area contributed by atoms with Crippen molar-refractivity contribution in [3.05, 3.63) is 35.9 Å². The summed E-state index contributed by atoms with van der Waals surface area (Å²) in [7, 11) is 0. The van der Waals surface area contributed by atoms with Gasteiger partial charge in [-0.25, -0.2) is 0 Å². The summed E-state index contributed by atoms with van der Waals surface area (Å²) in [6.07, 6.45) is 4.64. The van der Waals surface area contributed by atoms with Crippen molar-refractivity contribution >= 4 is 5.91 Å². The molecular weight excluding hydrogens is 290 g/mol. The Bertz CT molecular complexity index is 507. The second-order valence-corrected chi connectivity index (χ2v) is 6.64. The summed E-state index contributed by atoms with van der Waals surface area (Å²) in [6, 6.07) is 9.98. The molecule has 2 aliphatic rings. The summed E-state index contributed by atoms with van der Waals surface area (Å²) >= 11 is 0. The number of ether oxygens (including phenoxy) is 2. The van der Waals surface area contributed by atoms with Crippen molar-refractivity contribution in [1.82, 2.24) is 4.90 Å². The standard InChI is InChI=1S/C19H27NO3/c1-2-22-17-8-13-23-19(15-17)9-11-20(12-10-19)18(21)14-16-6-4-3-5-7-16/h3-7,17H,2,8-15H2,1H3. The Hall–Kier alpha value is -1.39. The van der Waals surface area contributed by atoms with E-state index in [-0.39, 0.29) is 11.5 Å². The fourth-order valence-corrected chi connectivity index (χ4v) is 3.76. The topological polar surface area (TPSA) is 38.8 Å². The van der Waals surface area contributed by atoms with E-state index < -0.39 is 0 Å². The highest BCUT2D eigenvalue weighted by atomic mass is 16.5. The number of carbonyl (C=O) groups is 1. The minimum Gasteiger partial charge on any atom is -0.378 e. The molecule has 0 saturated carbocycles. The molecule has 0 aromatic heterocycles. The summed E-state index contributed by atoms with van der Waals surface area (Å²) in [4.78, 5) is 14.5. The van der Waals surface area contributed by atoms with Gasteiger partial charge >= 0.3 is 0 Å². The van der Waals surface area contributed by atoms with Gasteiger partial charge in [-0.3, -0.25) is 4.79 Å². The van der Waals surface area contributed by atoms with E-state index in [1.807, 2.05) is 42.2 Å². The Labute approximate surface area is 138 Å². The van der Waals surface area contributed by atoms with Crippen LogP contribution in [-0.2, 0) is 20.7 Å². The molecule has 1 spiro atoms. The molecular formula is C19H27NO3. The van der Waals surface area contributed by atoms with Gasteiger partial charge in [-0.15, -0.1) is 0 Å². The molecule has 0 bridgehead atoms. The van der Waals surface area contributed by atoms with Crippen LogP contribution in [0.15, 0.2) is 30.3 Å². The average Bonchev–Trinajstić information content (AvgIpc) is 2.57. The second-order valence-electron chi connectivity index (χ2n) is 6.64. The SMILES string of the molecule is CCOC1CCOC2(CCN(C(=O)Cc3ccccc3)CC2)C1. The van der Waals surface area contributed by atoms with Crippen LogP contribution in [0.1, 0.15) is 38.2 Å². The fourth-order valence-electron chi connectivity index (χ4n) is 3.76. The van der Waals surface area contributed by atoms with Crippen LogP contribution >= 0.6 is 0 Å². The van der Waals surface area contributed by atoms with Gasteiger partial charge in [0.25, 0.3) is 0 Å². The maximum Gasteiger partial charge on any atom is 0.226 e. The number of hydrogen-bond acceptors (Lipinski definition) is 3. The zero-order chi connectivity index (χ0) is 16.1. The Balaban J connectivity index is 1.52. The highest BCUT2D eigenvalue weighted by molar-refractivity contribution is 5.78. The van der Waals surface area contributed by atoms with Crippen molar-refractivity contribution in [2.45, 2.75) is 50.7 Å². The van der Waals surface area contributed by atoms with Gasteiger partial charge in [0, 0.05) is 32.7 Å². The predicted octanol–water partition coefficient (Wildman–Crippen LogP) is 2.81. The van der Waals surface area contributed by atoms with Crippen molar-refractivity contribution in [1.29, 1.82) is 0 Å². The number of nitrogens with zero attached hydrogens (tertiary/aromatic N) is 1. The number of piperidine rings is 1. The minimum atomic E-state index is -0.0678. The highest BCUT2D eigenvalue weighted by Gasteiger charge is 2.41. The monoisotopic (exact) mass is 317 g/mol. The van der Waals surface area contributed by atoms with Gasteiger partial charge < -0.3 is 14.4 Å². The van der Waals surface area contributed by atoms with E-state index in [4.69, 9.17) is 9.47 Å². The lowest BCUT2D eigenvalue weighted by atomic mass is 9.83. The van der Waals surface area contributed by atoms with Crippen LogP contribution in [0.4, 0.5) is 0 Å². The van der Waals surface area contributed by atoms with E-state index in [0.717, 1.165) is 57.6 Å². The lowest BCUT2D eigenvalue weighted by Crippen LogP contribution is -2.52. The first-order valence-corrected chi connectivity index (χ1v) is 8.78. The van der Waals surface area contributed by atoms with Crippen molar-refractivity contribution in [3.8, 4) is 0 Å². The summed E-state index contributed by atoms with van der Waals surface area (Å²) in [5.74, 6) is 0.225. The summed E-state index contributed by atoms with van der Waals surface area (Å²) in [6.45, 7) is 5.19. The Morgan fingerprint density at radius 2 is 2.04 bits per heavy atom. The van der Waals surface area contributed by atoms with E-state index in [9.17, 15) is 4.79 Å². The molecule has 4 nitrogen and oxygen atoms in total. The number of amides is 1. The van der Waals surface area contributed by atoms with Gasteiger partial charge in [0.15, 0.2) is 0 Å². The number of rotatable bonds is 4. The first kappa shape index (κ1) is 16.5. The van der Waals surface area contributed by atoms with E-state index >= 15 is 0 Å². The molecule has 1 aromatic carbocycles. The van der Waals surface area contributed by atoms with Crippen LogP contribution < -0.4 is 0 Å². The zero-order valence-electron chi connectivity index (χ0n) is 14.0. The van der Waals surface area contributed by atoms with Crippen molar-refractivity contribution < 1.29 is 14.3 Å². The summed E-state index contributed by atoms with van der Waals surface area (Å²) < 4.78 is 11.9. The van der Waals surface area contributed by atoms with Crippen molar-refractivity contribution in [2.75, 3.05) is 26.3 Å². The second kappa shape index (κ2) is 7.45. The van der Waals surface area contributed by atoms with Gasteiger partial charge in [0.1, 0.15) is 0 Å². The van der Waals surface area contributed by atoms with Crippen molar-refractivity contribution in [2.24, 2.45) is 0 Å². The fraction of sp³-hybridized carbons (Fsp3) is 0.632. The van der Waals surface area contributed by atoms with Gasteiger partial charge in [-0.05, 0) is 31.7 Å². The van der Waals surface area contributed by atoms with Crippen LogP contribution in [0.3, 0.4) is 0 Å². The van der Waals surface area contributed by atoms with E-state index in [2.05, 4.69) is 0 Å². The van der Waals surface area contributed by atoms with Crippen LogP contribution in [0.25, 0.3) is 0 Å². The predicted molar refractivity (Wildman–Crippen MR) is 89.3 cm³/mol. The van der Waals surface area contributed by atoms with E-state index in [1.165, 1.54) is 0 Å². The van der Waals surface area contributed by atoms with E-state index in [0.29, 0.717) is 12.5 Å². The van der Waals surface area contributed by atoms with Crippen LogP contribution in [0.5, 0.6) is 0 Å². The molecule has 2 fully saturated rings. The first-order chi connectivity index (χ1) is 11.2. The molecule has 3 rings (SSSR count). The maximum absolute atomic E-state index is 12.5. The molecule has 1 atom stereocenters. The third-order valence-electron chi connectivity index (χ3n) is 5.08. The van der Waals surface area contributed by atoms with Gasteiger partial charge in [-0.1, -0.05) is 30.3 Å². The third-order valence-corrected chi connectivity index (χ3v) is 5.08. The van der Waals surface area contributed by atoms with Gasteiger partial charge in [-0.2, -0.15) is 0 Å². The summed E-state index contributed by atoms with van der Waals surface area (Å²) in [5, 5.41) is 0. The maximum atomic E-state index is 12.5. The van der Waals surface area contributed by atoms with Crippen LogP contribution in [-0.4, -0.2) is 48.8 Å². The molecule has 1 amide bonds. The summed E-state index contributed by atoms with van der Waals surface area (Å²) in [5.41, 5.74) is 1.02. The number of carbonyl (C=O) groups excluding carboxylic acids is 1. The molecule has 4 heteroatoms. The number of likely N-dealkylation sites (tertiary alicyclic amines) is 1. The first-order valence-electron chi connectivity index (χ1n) is 8.78. The van der Waals surface area contributed by atoms with Gasteiger partial charge in [0.05, 0.1) is 18.1 Å². The Morgan fingerprint density at radius 3 is 2.74 bits per heavy atom. The molecule has 126 valence electrons. The van der Waals surface area contributed by atoms with Crippen LogP contribution in [0.2, 0.25) is 0 Å². The zero-order valence-corrected chi connectivity index (χ0v) is 14.0. The minimum absolute atomic E-state index is 0.0678. The molecule has 1 unspecified atom stereocenters. The van der Waals surface area contributed by atoms with Crippen LogP contribution in [0, 0.1) is 0 Å². The Morgan fingerprint density at radius 1 is 1.30 bits per heavy atom. The highest BCUT2D eigenvalue weighted by Crippen LogP contribution is 2.36. The molecule has 2 saturated heterocycles. The quantitative estimate of drug-likeness (QED) is 0.857. The molecule has 0 aliphatic carbocycles. The third kappa shape index (κ3) is 4.12. The normalized spacial score (nSPS) is 23.9. The average molecular weight is 317 g/mol. The molecule has 2 aliphatic heterocycles. The van der Waals surface area contributed by atoms with Gasteiger partial charge in [0.2, 0.25) is 5.91 Å². The van der Waals surface area contributed by atoms with E-state index in [1.54, 1.807) is 0 Å². The van der Waals surface area contributed by atoms with Crippen molar-refractivity contribution in [3.63, 3.8) is 0 Å². The molecule has 23 heavy (non-hydrogen) atoms.